The van der Waals surface area contributed by atoms with Gasteiger partial charge < -0.3 is 10.1 Å². The van der Waals surface area contributed by atoms with E-state index in [1.807, 2.05) is 13.8 Å². The third-order valence-electron chi connectivity index (χ3n) is 3.56. The molecule has 0 aliphatic carbocycles. The zero-order chi connectivity index (χ0) is 18.3. The van der Waals surface area contributed by atoms with Gasteiger partial charge in [0.05, 0.1) is 4.90 Å². The molecule has 0 atom stereocenters. The molecule has 0 aromatic heterocycles. The van der Waals surface area contributed by atoms with Gasteiger partial charge in [-0.05, 0) is 36.6 Å². The molecule has 0 heterocycles. The van der Waals surface area contributed by atoms with Gasteiger partial charge in [0.25, 0.3) is 5.91 Å². The summed E-state index contributed by atoms with van der Waals surface area (Å²) < 4.78 is 31.9. The third kappa shape index (κ3) is 5.49. The lowest BCUT2D eigenvalue weighted by Crippen LogP contribution is -2.32. The first kappa shape index (κ1) is 20.4. The molecule has 7 heteroatoms. The Bertz CT molecular complexity index is 653. The average molecular weight is 356 g/mol. The molecule has 1 aromatic rings. The first-order valence-electron chi connectivity index (χ1n) is 8.22. The molecule has 0 radical (unpaired) electrons. The van der Waals surface area contributed by atoms with Gasteiger partial charge in [0.1, 0.15) is 5.75 Å². The summed E-state index contributed by atoms with van der Waals surface area (Å²) >= 11 is 0. The van der Waals surface area contributed by atoms with Gasteiger partial charge in [-0.1, -0.05) is 27.7 Å². The Hall–Kier alpha value is -1.60. The number of nitrogens with one attached hydrogen (secondary N) is 1. The summed E-state index contributed by atoms with van der Waals surface area (Å²) in [6.45, 7) is 10.8. The lowest BCUT2D eigenvalue weighted by atomic mass is 10.2. The fourth-order valence-corrected chi connectivity index (χ4v) is 3.71. The molecule has 6 nitrogen and oxygen atoms in total. The Morgan fingerprint density at radius 2 is 1.88 bits per heavy atom. The number of aryl methyl sites for hydroxylation is 1. The topological polar surface area (TPSA) is 75.7 Å². The van der Waals surface area contributed by atoms with Gasteiger partial charge in [0.15, 0.2) is 6.61 Å². The predicted molar refractivity (Wildman–Crippen MR) is 94.6 cm³/mol. The van der Waals surface area contributed by atoms with Crippen molar-refractivity contribution < 1.29 is 17.9 Å². The van der Waals surface area contributed by atoms with E-state index in [-0.39, 0.29) is 17.4 Å². The normalized spacial score (nSPS) is 11.8. The number of amides is 1. The molecule has 136 valence electrons. The zero-order valence-electron chi connectivity index (χ0n) is 15.1. The number of carbonyl (C=O) groups is 1. The molecule has 0 fully saturated rings. The van der Waals surface area contributed by atoms with Crippen LogP contribution in [0.25, 0.3) is 0 Å². The minimum absolute atomic E-state index is 0.0876. The summed E-state index contributed by atoms with van der Waals surface area (Å²) in [5, 5.41) is 2.77. The van der Waals surface area contributed by atoms with Crippen molar-refractivity contribution in [2.45, 2.75) is 39.5 Å². The molecule has 0 bridgehead atoms. The van der Waals surface area contributed by atoms with Crippen LogP contribution < -0.4 is 10.1 Å². The second-order valence-corrected chi connectivity index (χ2v) is 7.94. The largest absolute Gasteiger partial charge is 0.484 e. The van der Waals surface area contributed by atoms with Crippen LogP contribution in [0.5, 0.6) is 5.75 Å². The molecule has 0 saturated carbocycles. The maximum absolute atomic E-state index is 12.5. The van der Waals surface area contributed by atoms with Crippen molar-refractivity contribution in [2.75, 3.05) is 26.2 Å². The molecular weight excluding hydrogens is 328 g/mol. The van der Waals surface area contributed by atoms with E-state index >= 15 is 0 Å². The van der Waals surface area contributed by atoms with Crippen LogP contribution in [-0.4, -0.2) is 44.9 Å². The molecule has 0 saturated heterocycles. The Morgan fingerprint density at radius 1 is 1.25 bits per heavy atom. The van der Waals surface area contributed by atoms with Crippen molar-refractivity contribution in [1.82, 2.24) is 9.62 Å². The molecule has 1 N–H and O–H groups in total. The van der Waals surface area contributed by atoms with Crippen molar-refractivity contribution in [3.63, 3.8) is 0 Å². The van der Waals surface area contributed by atoms with E-state index in [4.69, 9.17) is 4.74 Å². The molecule has 0 aliphatic rings. The van der Waals surface area contributed by atoms with E-state index in [2.05, 4.69) is 5.32 Å². The highest BCUT2D eigenvalue weighted by molar-refractivity contribution is 7.89. The minimum Gasteiger partial charge on any atom is -0.484 e. The average Bonchev–Trinajstić information content (AvgIpc) is 2.52. The number of nitrogens with zero attached hydrogens (tertiary/aromatic N) is 1. The van der Waals surface area contributed by atoms with Gasteiger partial charge in [-0.3, -0.25) is 4.79 Å². The Morgan fingerprint density at radius 3 is 2.38 bits per heavy atom. The van der Waals surface area contributed by atoms with E-state index < -0.39 is 10.0 Å². The summed E-state index contributed by atoms with van der Waals surface area (Å²) in [5.41, 5.74) is 0.680. The number of hydrogen-bond acceptors (Lipinski definition) is 4. The van der Waals surface area contributed by atoms with Crippen molar-refractivity contribution in [2.24, 2.45) is 5.92 Å². The van der Waals surface area contributed by atoms with Gasteiger partial charge in [-0.2, -0.15) is 4.31 Å². The number of carbonyl (C=O) groups excluding carboxylic acids is 1. The number of benzene rings is 1. The van der Waals surface area contributed by atoms with E-state index in [0.29, 0.717) is 36.9 Å². The standard InChI is InChI=1S/C17H28N2O4S/c1-6-19(7-2)24(21,22)15-8-9-16(14(5)10-15)23-12-17(20)18-11-13(3)4/h8-10,13H,6-7,11-12H2,1-5H3,(H,18,20). The summed E-state index contributed by atoms with van der Waals surface area (Å²) in [7, 11) is -3.49. The molecule has 0 spiro atoms. The van der Waals surface area contributed by atoms with Crippen LogP contribution in [0.1, 0.15) is 33.3 Å². The van der Waals surface area contributed by atoms with Gasteiger partial charge in [0, 0.05) is 19.6 Å². The first-order valence-corrected chi connectivity index (χ1v) is 9.66. The second kappa shape index (κ2) is 9.03. The van der Waals surface area contributed by atoms with Gasteiger partial charge in [0.2, 0.25) is 10.0 Å². The fraction of sp³-hybridized carbons (Fsp3) is 0.588. The molecule has 1 rings (SSSR count). The van der Waals surface area contributed by atoms with E-state index in [0.717, 1.165) is 0 Å². The number of rotatable bonds is 9. The van der Waals surface area contributed by atoms with Crippen molar-refractivity contribution in [3.05, 3.63) is 23.8 Å². The monoisotopic (exact) mass is 356 g/mol. The summed E-state index contributed by atoms with van der Waals surface area (Å²) in [4.78, 5) is 11.9. The van der Waals surface area contributed by atoms with Crippen LogP contribution in [0, 0.1) is 12.8 Å². The fourth-order valence-electron chi connectivity index (χ4n) is 2.17. The van der Waals surface area contributed by atoms with E-state index in [1.165, 1.54) is 10.4 Å². The number of sulfonamides is 1. The quantitative estimate of drug-likeness (QED) is 0.736. The SMILES string of the molecule is CCN(CC)S(=O)(=O)c1ccc(OCC(=O)NCC(C)C)c(C)c1. The zero-order valence-corrected chi connectivity index (χ0v) is 15.9. The number of ether oxygens (including phenoxy) is 1. The van der Waals surface area contributed by atoms with Crippen LogP contribution >= 0.6 is 0 Å². The third-order valence-corrected chi connectivity index (χ3v) is 5.60. The summed E-state index contributed by atoms with van der Waals surface area (Å²) in [6, 6.07) is 4.69. The van der Waals surface area contributed by atoms with Gasteiger partial charge in [-0.15, -0.1) is 0 Å². The van der Waals surface area contributed by atoms with Gasteiger partial charge >= 0.3 is 0 Å². The Kier molecular flexibility index (Phi) is 7.69. The summed E-state index contributed by atoms with van der Waals surface area (Å²) in [5.74, 6) is 0.691. The molecule has 1 aromatic carbocycles. The van der Waals surface area contributed by atoms with Crippen LogP contribution in [0.2, 0.25) is 0 Å². The smallest absolute Gasteiger partial charge is 0.257 e. The maximum Gasteiger partial charge on any atom is 0.257 e. The minimum atomic E-state index is -3.49. The van der Waals surface area contributed by atoms with Crippen molar-refractivity contribution in [1.29, 1.82) is 0 Å². The molecule has 24 heavy (non-hydrogen) atoms. The maximum atomic E-state index is 12.5. The van der Waals surface area contributed by atoms with Crippen molar-refractivity contribution in [3.8, 4) is 5.75 Å². The highest BCUT2D eigenvalue weighted by atomic mass is 32.2. The Balaban J connectivity index is 2.80. The van der Waals surface area contributed by atoms with Crippen LogP contribution in [-0.2, 0) is 14.8 Å². The lowest BCUT2D eigenvalue weighted by Gasteiger charge is -2.19. The molecular formula is C17H28N2O4S. The van der Waals surface area contributed by atoms with Crippen LogP contribution in [0.4, 0.5) is 0 Å². The van der Waals surface area contributed by atoms with E-state index in [1.54, 1.807) is 32.9 Å². The second-order valence-electron chi connectivity index (χ2n) is 6.00. The van der Waals surface area contributed by atoms with Gasteiger partial charge in [-0.25, -0.2) is 8.42 Å². The number of hydrogen-bond donors (Lipinski definition) is 1. The van der Waals surface area contributed by atoms with E-state index in [9.17, 15) is 13.2 Å². The highest BCUT2D eigenvalue weighted by Gasteiger charge is 2.22. The predicted octanol–water partition coefficient (Wildman–Crippen LogP) is 2.18. The highest BCUT2D eigenvalue weighted by Crippen LogP contribution is 2.24. The lowest BCUT2D eigenvalue weighted by molar-refractivity contribution is -0.123. The van der Waals surface area contributed by atoms with Crippen LogP contribution in [0.3, 0.4) is 0 Å². The molecule has 0 aliphatic heterocycles. The van der Waals surface area contributed by atoms with Crippen molar-refractivity contribution >= 4 is 15.9 Å². The molecule has 1 amide bonds. The summed E-state index contributed by atoms with van der Waals surface area (Å²) in [6.07, 6.45) is 0. The first-order chi connectivity index (χ1) is 11.2. The van der Waals surface area contributed by atoms with Crippen LogP contribution in [0.15, 0.2) is 23.1 Å². The molecule has 0 unspecified atom stereocenters. The Labute approximate surface area is 145 Å².